The molecule has 0 fully saturated rings. The first kappa shape index (κ1) is 7.19. The van der Waals surface area contributed by atoms with E-state index in [1.54, 1.807) is 12.3 Å². The van der Waals surface area contributed by atoms with E-state index < -0.39 is 0 Å². The fraction of sp³-hybridized carbons (Fsp3) is 0.500. The van der Waals surface area contributed by atoms with E-state index in [-0.39, 0.29) is 0 Å². The van der Waals surface area contributed by atoms with Crippen LogP contribution in [0.1, 0.15) is 19.5 Å². The second-order valence-electron chi connectivity index (χ2n) is 2.72. The van der Waals surface area contributed by atoms with Crippen LogP contribution in [-0.2, 0) is 6.42 Å². The van der Waals surface area contributed by atoms with Crippen LogP contribution in [-0.4, -0.2) is 10.2 Å². The summed E-state index contributed by atoms with van der Waals surface area (Å²) in [7, 11) is 0. The molecule has 0 unspecified atom stereocenters. The summed E-state index contributed by atoms with van der Waals surface area (Å²) in [5.41, 5.74) is 0.956. The minimum absolute atomic E-state index is 0.632. The SMILES string of the molecule is CC(C)Cc1[c]ccnn1. The van der Waals surface area contributed by atoms with Gasteiger partial charge in [0, 0.05) is 6.07 Å². The molecule has 2 heteroatoms. The summed E-state index contributed by atoms with van der Waals surface area (Å²) in [5.74, 6) is 0.632. The van der Waals surface area contributed by atoms with Crippen molar-refractivity contribution in [1.82, 2.24) is 10.2 Å². The highest BCUT2D eigenvalue weighted by atomic mass is 15.1. The molecule has 1 radical (unpaired) electrons. The average Bonchev–Trinajstić information content (AvgIpc) is 1.88. The van der Waals surface area contributed by atoms with Crippen LogP contribution in [0.2, 0.25) is 0 Å². The predicted molar refractivity (Wildman–Crippen MR) is 39.4 cm³/mol. The fourth-order valence-corrected chi connectivity index (χ4v) is 0.785. The molecule has 0 N–H and O–H groups in total. The quantitative estimate of drug-likeness (QED) is 0.613. The smallest absolute Gasteiger partial charge is 0.0712 e. The lowest BCUT2D eigenvalue weighted by Gasteiger charge is -2.00. The zero-order chi connectivity index (χ0) is 7.40. The normalized spacial score (nSPS) is 10.3. The number of nitrogens with zero attached hydrogens (tertiary/aromatic N) is 2. The third-order valence-electron chi connectivity index (χ3n) is 1.17. The van der Waals surface area contributed by atoms with Crippen molar-refractivity contribution in [3.8, 4) is 0 Å². The van der Waals surface area contributed by atoms with Gasteiger partial charge in [-0.1, -0.05) is 13.8 Å². The molecule has 0 saturated carbocycles. The molecule has 2 nitrogen and oxygen atoms in total. The van der Waals surface area contributed by atoms with Crippen molar-refractivity contribution in [3.05, 3.63) is 24.0 Å². The lowest BCUT2D eigenvalue weighted by Crippen LogP contribution is -1.97. The number of rotatable bonds is 2. The zero-order valence-corrected chi connectivity index (χ0v) is 6.33. The fourth-order valence-electron chi connectivity index (χ4n) is 0.785. The van der Waals surface area contributed by atoms with E-state index in [0.29, 0.717) is 5.92 Å². The number of hydrogen-bond donors (Lipinski definition) is 0. The monoisotopic (exact) mass is 135 g/mol. The zero-order valence-electron chi connectivity index (χ0n) is 6.33. The molecule has 0 aliphatic heterocycles. The molecule has 1 heterocycles. The minimum Gasteiger partial charge on any atom is -0.159 e. The minimum atomic E-state index is 0.632. The predicted octanol–water partition coefficient (Wildman–Crippen LogP) is 1.48. The van der Waals surface area contributed by atoms with Crippen LogP contribution < -0.4 is 0 Å². The van der Waals surface area contributed by atoms with Gasteiger partial charge in [0.05, 0.1) is 11.9 Å². The molecular weight excluding hydrogens is 124 g/mol. The molecule has 0 bridgehead atoms. The lowest BCUT2D eigenvalue weighted by molar-refractivity contribution is 0.627. The molecule has 0 atom stereocenters. The Bertz CT molecular complexity index is 182. The molecule has 0 spiro atoms. The summed E-state index contributed by atoms with van der Waals surface area (Å²) in [5, 5.41) is 7.67. The van der Waals surface area contributed by atoms with E-state index in [0.717, 1.165) is 12.1 Å². The van der Waals surface area contributed by atoms with E-state index in [2.05, 4.69) is 30.1 Å². The molecule has 0 aliphatic carbocycles. The molecule has 1 aromatic rings. The van der Waals surface area contributed by atoms with Crippen LogP contribution in [0.25, 0.3) is 0 Å². The molecule has 0 amide bonds. The van der Waals surface area contributed by atoms with Gasteiger partial charge in [0.25, 0.3) is 0 Å². The summed E-state index contributed by atoms with van der Waals surface area (Å²) >= 11 is 0. The topological polar surface area (TPSA) is 25.8 Å². The second kappa shape index (κ2) is 3.30. The van der Waals surface area contributed by atoms with Gasteiger partial charge in [-0.3, -0.25) is 0 Å². The van der Waals surface area contributed by atoms with Gasteiger partial charge >= 0.3 is 0 Å². The van der Waals surface area contributed by atoms with E-state index in [1.165, 1.54) is 0 Å². The third kappa shape index (κ3) is 2.13. The maximum absolute atomic E-state index is 3.91. The van der Waals surface area contributed by atoms with Crippen LogP contribution in [0.3, 0.4) is 0 Å². The van der Waals surface area contributed by atoms with Crippen molar-refractivity contribution in [1.29, 1.82) is 0 Å². The Morgan fingerprint density at radius 3 is 2.90 bits per heavy atom. The van der Waals surface area contributed by atoms with E-state index >= 15 is 0 Å². The van der Waals surface area contributed by atoms with Gasteiger partial charge in [-0.2, -0.15) is 10.2 Å². The van der Waals surface area contributed by atoms with Crippen LogP contribution in [0, 0.1) is 12.0 Å². The number of aromatic nitrogens is 2. The van der Waals surface area contributed by atoms with Gasteiger partial charge in [0.2, 0.25) is 0 Å². The molecule has 0 aromatic carbocycles. The van der Waals surface area contributed by atoms with Crippen molar-refractivity contribution in [2.24, 2.45) is 5.92 Å². The number of hydrogen-bond acceptors (Lipinski definition) is 2. The largest absolute Gasteiger partial charge is 0.159 e. The molecule has 1 rings (SSSR count). The van der Waals surface area contributed by atoms with Gasteiger partial charge < -0.3 is 0 Å². The Labute approximate surface area is 61.3 Å². The Kier molecular flexibility index (Phi) is 2.37. The Balaban J connectivity index is 2.59. The summed E-state index contributed by atoms with van der Waals surface area (Å²) in [6, 6.07) is 4.82. The van der Waals surface area contributed by atoms with Crippen molar-refractivity contribution < 1.29 is 0 Å². The van der Waals surface area contributed by atoms with Crippen LogP contribution >= 0.6 is 0 Å². The summed E-state index contributed by atoms with van der Waals surface area (Å²) in [6.45, 7) is 4.31. The van der Waals surface area contributed by atoms with Crippen LogP contribution in [0.5, 0.6) is 0 Å². The molecular formula is C8H11N2. The lowest BCUT2D eigenvalue weighted by atomic mass is 10.1. The highest BCUT2D eigenvalue weighted by molar-refractivity contribution is 4.96. The van der Waals surface area contributed by atoms with E-state index in [9.17, 15) is 0 Å². The van der Waals surface area contributed by atoms with Gasteiger partial charge in [0.1, 0.15) is 0 Å². The molecule has 0 aliphatic rings. The molecule has 53 valence electrons. The van der Waals surface area contributed by atoms with Crippen LogP contribution in [0.4, 0.5) is 0 Å². The third-order valence-corrected chi connectivity index (χ3v) is 1.17. The standard InChI is InChI=1S/C8H11N2/c1-7(2)6-8-4-3-5-9-10-8/h3,5,7H,6H2,1-2H3. The summed E-state index contributed by atoms with van der Waals surface area (Å²) < 4.78 is 0. The Morgan fingerprint density at radius 1 is 1.60 bits per heavy atom. The molecule has 1 aromatic heterocycles. The average molecular weight is 135 g/mol. The second-order valence-corrected chi connectivity index (χ2v) is 2.72. The van der Waals surface area contributed by atoms with Crippen LogP contribution in [0.15, 0.2) is 12.3 Å². The van der Waals surface area contributed by atoms with Gasteiger partial charge in [-0.25, -0.2) is 0 Å². The molecule has 0 saturated heterocycles. The maximum Gasteiger partial charge on any atom is 0.0712 e. The summed E-state index contributed by atoms with van der Waals surface area (Å²) in [6.07, 6.45) is 2.61. The first-order valence-corrected chi connectivity index (χ1v) is 3.47. The van der Waals surface area contributed by atoms with Crippen molar-refractivity contribution in [2.75, 3.05) is 0 Å². The van der Waals surface area contributed by atoms with Gasteiger partial charge in [-0.15, -0.1) is 0 Å². The Hall–Kier alpha value is -0.920. The first-order valence-electron chi connectivity index (χ1n) is 3.47. The first-order chi connectivity index (χ1) is 4.79. The highest BCUT2D eigenvalue weighted by Crippen LogP contribution is 2.01. The summed E-state index contributed by atoms with van der Waals surface area (Å²) in [4.78, 5) is 0. The van der Waals surface area contributed by atoms with Gasteiger partial charge in [-0.05, 0) is 18.4 Å². The van der Waals surface area contributed by atoms with Crippen molar-refractivity contribution >= 4 is 0 Å². The Morgan fingerprint density at radius 2 is 2.40 bits per heavy atom. The van der Waals surface area contributed by atoms with E-state index in [1.807, 2.05) is 0 Å². The van der Waals surface area contributed by atoms with E-state index in [4.69, 9.17) is 0 Å². The van der Waals surface area contributed by atoms with Crippen molar-refractivity contribution in [3.63, 3.8) is 0 Å². The van der Waals surface area contributed by atoms with Gasteiger partial charge in [0.15, 0.2) is 0 Å². The van der Waals surface area contributed by atoms with Crippen molar-refractivity contribution in [2.45, 2.75) is 20.3 Å². The molecule has 10 heavy (non-hydrogen) atoms. The maximum atomic E-state index is 3.91. The highest BCUT2D eigenvalue weighted by Gasteiger charge is 1.97.